The maximum Gasteiger partial charge on any atom is 0.0331 e. The Kier molecular flexibility index (Phi) is 3.24. The molecule has 1 aliphatic heterocycles. The number of fused-ring (bicyclic) bond motifs is 1. The SMILES string of the molecule is CC1c2ccsc2CCN1CCC(N)C1CC1. The second kappa shape index (κ2) is 4.71. The number of hydrogen-bond acceptors (Lipinski definition) is 3. The Morgan fingerprint density at radius 2 is 2.35 bits per heavy atom. The molecular weight excluding hydrogens is 228 g/mol. The van der Waals surface area contributed by atoms with E-state index in [0.29, 0.717) is 12.1 Å². The lowest BCUT2D eigenvalue weighted by molar-refractivity contribution is 0.191. The Labute approximate surface area is 108 Å². The number of hydrogen-bond donors (Lipinski definition) is 1. The molecule has 0 amide bonds. The summed E-state index contributed by atoms with van der Waals surface area (Å²) in [6.45, 7) is 4.73. The van der Waals surface area contributed by atoms with Gasteiger partial charge in [-0.3, -0.25) is 4.90 Å². The second-order valence-electron chi connectivity index (χ2n) is 5.55. The zero-order valence-electron chi connectivity index (χ0n) is 10.6. The predicted molar refractivity (Wildman–Crippen MR) is 73.3 cm³/mol. The van der Waals surface area contributed by atoms with Crippen molar-refractivity contribution in [3.8, 4) is 0 Å². The summed E-state index contributed by atoms with van der Waals surface area (Å²) in [5.41, 5.74) is 7.75. The van der Waals surface area contributed by atoms with Crippen LogP contribution in [0, 0.1) is 5.92 Å². The molecular formula is C14H22N2S. The summed E-state index contributed by atoms with van der Waals surface area (Å²) in [6.07, 6.45) is 5.14. The van der Waals surface area contributed by atoms with Crippen LogP contribution in [0.15, 0.2) is 11.4 Å². The largest absolute Gasteiger partial charge is 0.327 e. The van der Waals surface area contributed by atoms with Gasteiger partial charge in [-0.1, -0.05) is 0 Å². The van der Waals surface area contributed by atoms with Gasteiger partial charge in [0.25, 0.3) is 0 Å². The third kappa shape index (κ3) is 2.42. The minimum absolute atomic E-state index is 0.450. The molecule has 0 radical (unpaired) electrons. The first-order valence-electron chi connectivity index (χ1n) is 6.81. The van der Waals surface area contributed by atoms with Crippen molar-refractivity contribution in [1.29, 1.82) is 0 Å². The minimum Gasteiger partial charge on any atom is -0.327 e. The number of thiophene rings is 1. The normalized spacial score (nSPS) is 26.8. The summed E-state index contributed by atoms with van der Waals surface area (Å²) in [4.78, 5) is 4.21. The average molecular weight is 250 g/mol. The Morgan fingerprint density at radius 3 is 3.12 bits per heavy atom. The average Bonchev–Trinajstić information content (AvgIpc) is 3.07. The van der Waals surface area contributed by atoms with Crippen molar-refractivity contribution in [1.82, 2.24) is 4.90 Å². The van der Waals surface area contributed by atoms with Gasteiger partial charge in [-0.25, -0.2) is 0 Å². The third-order valence-corrected chi connectivity index (χ3v) is 5.38. The molecule has 3 heteroatoms. The lowest BCUT2D eigenvalue weighted by Crippen LogP contribution is -2.37. The third-order valence-electron chi connectivity index (χ3n) is 4.38. The van der Waals surface area contributed by atoms with Gasteiger partial charge in [0.15, 0.2) is 0 Å². The molecule has 2 heterocycles. The van der Waals surface area contributed by atoms with Gasteiger partial charge in [0.1, 0.15) is 0 Å². The van der Waals surface area contributed by atoms with E-state index < -0.39 is 0 Å². The topological polar surface area (TPSA) is 29.3 Å². The molecule has 2 atom stereocenters. The Bertz CT molecular complexity index is 383. The van der Waals surface area contributed by atoms with Crippen LogP contribution in [0.2, 0.25) is 0 Å². The first kappa shape index (κ1) is 11.7. The highest BCUT2D eigenvalue weighted by Gasteiger charge is 2.30. The van der Waals surface area contributed by atoms with Crippen molar-refractivity contribution in [2.24, 2.45) is 11.7 Å². The van der Waals surface area contributed by atoms with Crippen LogP contribution in [0.1, 0.15) is 42.7 Å². The van der Waals surface area contributed by atoms with E-state index in [1.54, 1.807) is 10.4 Å². The van der Waals surface area contributed by atoms with Crippen LogP contribution in [0.4, 0.5) is 0 Å². The van der Waals surface area contributed by atoms with Crippen molar-refractivity contribution in [2.45, 2.75) is 44.7 Å². The van der Waals surface area contributed by atoms with E-state index in [1.807, 2.05) is 11.3 Å². The molecule has 0 spiro atoms. The van der Waals surface area contributed by atoms with E-state index >= 15 is 0 Å². The van der Waals surface area contributed by atoms with Gasteiger partial charge in [0, 0.05) is 30.1 Å². The minimum atomic E-state index is 0.450. The van der Waals surface area contributed by atoms with Crippen LogP contribution in [-0.2, 0) is 6.42 Å². The van der Waals surface area contributed by atoms with Crippen LogP contribution in [-0.4, -0.2) is 24.0 Å². The van der Waals surface area contributed by atoms with Gasteiger partial charge < -0.3 is 5.73 Å². The van der Waals surface area contributed by atoms with E-state index in [4.69, 9.17) is 5.73 Å². The molecule has 3 rings (SSSR count). The summed E-state index contributed by atoms with van der Waals surface area (Å²) in [5, 5.41) is 2.24. The molecule has 94 valence electrons. The van der Waals surface area contributed by atoms with Crippen LogP contribution < -0.4 is 5.73 Å². The molecule has 2 nitrogen and oxygen atoms in total. The predicted octanol–water partition coefficient (Wildman–Crippen LogP) is 2.79. The van der Waals surface area contributed by atoms with Crippen molar-refractivity contribution in [3.63, 3.8) is 0 Å². The zero-order chi connectivity index (χ0) is 11.8. The molecule has 0 aromatic carbocycles. The standard InChI is InChI=1S/C14H22N2S/c1-10-12-6-9-17-14(12)5-8-16(10)7-4-13(15)11-2-3-11/h6,9-11,13H,2-5,7-8,15H2,1H3. The van der Waals surface area contributed by atoms with Gasteiger partial charge >= 0.3 is 0 Å². The van der Waals surface area contributed by atoms with Gasteiger partial charge in [0.05, 0.1) is 0 Å². The quantitative estimate of drug-likeness (QED) is 0.890. The Balaban J connectivity index is 1.58. The highest BCUT2D eigenvalue weighted by molar-refractivity contribution is 7.10. The molecule has 0 bridgehead atoms. The summed E-state index contributed by atoms with van der Waals surface area (Å²) in [6, 6.07) is 3.35. The van der Waals surface area contributed by atoms with Gasteiger partial charge in [-0.15, -0.1) is 11.3 Å². The highest BCUT2D eigenvalue weighted by Crippen LogP contribution is 2.35. The van der Waals surface area contributed by atoms with E-state index in [9.17, 15) is 0 Å². The monoisotopic (exact) mass is 250 g/mol. The maximum absolute atomic E-state index is 6.19. The highest BCUT2D eigenvalue weighted by atomic mass is 32.1. The first-order chi connectivity index (χ1) is 8.25. The Hall–Kier alpha value is -0.380. The molecule has 1 fully saturated rings. The molecule has 1 aromatic heterocycles. The summed E-state index contributed by atoms with van der Waals surface area (Å²) >= 11 is 1.92. The summed E-state index contributed by atoms with van der Waals surface area (Å²) < 4.78 is 0. The molecule has 2 unspecified atom stereocenters. The fourth-order valence-corrected chi connectivity index (χ4v) is 3.90. The number of nitrogens with zero attached hydrogens (tertiary/aromatic N) is 1. The van der Waals surface area contributed by atoms with E-state index in [-0.39, 0.29) is 0 Å². The molecule has 1 aromatic rings. The second-order valence-corrected chi connectivity index (χ2v) is 6.55. The van der Waals surface area contributed by atoms with E-state index in [1.165, 1.54) is 38.8 Å². The zero-order valence-corrected chi connectivity index (χ0v) is 11.4. The van der Waals surface area contributed by atoms with Crippen molar-refractivity contribution < 1.29 is 0 Å². The summed E-state index contributed by atoms with van der Waals surface area (Å²) in [7, 11) is 0. The van der Waals surface area contributed by atoms with Crippen molar-refractivity contribution in [3.05, 3.63) is 21.9 Å². The van der Waals surface area contributed by atoms with Crippen LogP contribution in [0.3, 0.4) is 0 Å². The lowest BCUT2D eigenvalue weighted by Gasteiger charge is -2.34. The van der Waals surface area contributed by atoms with Crippen LogP contribution in [0.5, 0.6) is 0 Å². The smallest absolute Gasteiger partial charge is 0.0331 e. The van der Waals surface area contributed by atoms with Gasteiger partial charge in [0.2, 0.25) is 0 Å². The van der Waals surface area contributed by atoms with Gasteiger partial charge in [-0.2, -0.15) is 0 Å². The fraction of sp³-hybridized carbons (Fsp3) is 0.714. The number of rotatable bonds is 4. The molecule has 0 saturated heterocycles. The van der Waals surface area contributed by atoms with Gasteiger partial charge in [-0.05, 0) is 55.5 Å². The maximum atomic E-state index is 6.19. The molecule has 2 aliphatic rings. The van der Waals surface area contributed by atoms with Crippen molar-refractivity contribution >= 4 is 11.3 Å². The molecule has 17 heavy (non-hydrogen) atoms. The van der Waals surface area contributed by atoms with Crippen LogP contribution in [0.25, 0.3) is 0 Å². The van der Waals surface area contributed by atoms with E-state index in [2.05, 4.69) is 23.3 Å². The molecule has 1 aliphatic carbocycles. The fourth-order valence-electron chi connectivity index (χ4n) is 2.94. The van der Waals surface area contributed by atoms with Crippen molar-refractivity contribution in [2.75, 3.05) is 13.1 Å². The Morgan fingerprint density at radius 1 is 1.53 bits per heavy atom. The first-order valence-corrected chi connectivity index (χ1v) is 7.69. The van der Waals surface area contributed by atoms with Crippen LogP contribution >= 0.6 is 11.3 Å². The molecule has 1 saturated carbocycles. The molecule has 2 N–H and O–H groups in total. The summed E-state index contributed by atoms with van der Waals surface area (Å²) in [5.74, 6) is 0.840. The lowest BCUT2D eigenvalue weighted by atomic mass is 10.0. The number of nitrogens with two attached hydrogens (primary N) is 1. The van der Waals surface area contributed by atoms with E-state index in [0.717, 1.165) is 5.92 Å².